The molecule has 0 aliphatic carbocycles. The Kier molecular flexibility index (Phi) is 4.16. The van der Waals surface area contributed by atoms with E-state index in [-0.39, 0.29) is 0 Å². The molecule has 0 fully saturated rings. The maximum Gasteiger partial charge on any atom is 0.249 e. The molecular weight excluding hydrogens is 266 g/mol. The Morgan fingerprint density at radius 1 is 1.10 bits per heavy atom. The summed E-state index contributed by atoms with van der Waals surface area (Å²) >= 11 is 0. The lowest BCUT2D eigenvalue weighted by atomic mass is 10.2. The fourth-order valence-electron chi connectivity index (χ4n) is 2.13. The maximum atomic E-state index is 5.73. The quantitative estimate of drug-likeness (QED) is 0.699. The van der Waals surface area contributed by atoms with Crippen molar-refractivity contribution in [2.75, 3.05) is 13.1 Å². The molecule has 2 heterocycles. The van der Waals surface area contributed by atoms with E-state index in [1.807, 2.05) is 18.2 Å². The first-order valence-corrected chi connectivity index (χ1v) is 7.11. The van der Waals surface area contributed by atoms with E-state index in [1.165, 1.54) is 0 Å². The van der Waals surface area contributed by atoms with Crippen molar-refractivity contribution in [3.63, 3.8) is 0 Å². The van der Waals surface area contributed by atoms with Gasteiger partial charge in [-0.25, -0.2) is 0 Å². The van der Waals surface area contributed by atoms with Crippen LogP contribution in [-0.2, 0) is 6.42 Å². The summed E-state index contributed by atoms with van der Waals surface area (Å²) in [6.07, 6.45) is 5.18. The predicted octanol–water partition coefficient (Wildman–Crippen LogP) is 2.22. The molecule has 0 atom stereocenters. The van der Waals surface area contributed by atoms with Gasteiger partial charge in [0.2, 0.25) is 11.8 Å². The van der Waals surface area contributed by atoms with E-state index < -0.39 is 0 Å². The second kappa shape index (κ2) is 6.41. The summed E-state index contributed by atoms with van der Waals surface area (Å²) in [5.74, 6) is 1.13. The number of aromatic nitrogens is 4. The fourth-order valence-corrected chi connectivity index (χ4v) is 2.13. The molecule has 0 unspecified atom stereocenters. The molecule has 3 aromatic rings. The number of para-hydroxylation sites is 1. The maximum absolute atomic E-state index is 5.73. The molecule has 0 saturated heterocycles. The van der Waals surface area contributed by atoms with Crippen molar-refractivity contribution in [3.8, 4) is 11.5 Å². The Labute approximate surface area is 122 Å². The molecule has 108 valence electrons. The van der Waals surface area contributed by atoms with Crippen LogP contribution in [0.2, 0.25) is 0 Å². The van der Waals surface area contributed by atoms with Gasteiger partial charge < -0.3 is 9.73 Å². The molecule has 1 N–H and O–H groups in total. The minimum Gasteiger partial charge on any atom is -0.421 e. The molecule has 0 bridgehead atoms. The molecule has 6 heteroatoms. The average molecular weight is 283 g/mol. The van der Waals surface area contributed by atoms with Gasteiger partial charge in [0.05, 0.1) is 11.1 Å². The SMILES string of the molecule is CCCNCCc1nnc(-c2cccc3nccnc23)o1. The third-order valence-electron chi connectivity index (χ3n) is 3.14. The van der Waals surface area contributed by atoms with E-state index in [0.717, 1.165) is 42.5 Å². The molecule has 2 aromatic heterocycles. The summed E-state index contributed by atoms with van der Waals surface area (Å²) in [5, 5.41) is 11.5. The zero-order valence-corrected chi connectivity index (χ0v) is 11.9. The van der Waals surface area contributed by atoms with Crippen LogP contribution >= 0.6 is 0 Å². The van der Waals surface area contributed by atoms with Crippen LogP contribution in [-0.4, -0.2) is 33.3 Å². The van der Waals surface area contributed by atoms with Crippen LogP contribution in [0.3, 0.4) is 0 Å². The van der Waals surface area contributed by atoms with Gasteiger partial charge in [0.15, 0.2) is 0 Å². The minimum atomic E-state index is 0.492. The zero-order chi connectivity index (χ0) is 14.5. The van der Waals surface area contributed by atoms with Gasteiger partial charge in [0, 0.05) is 25.4 Å². The molecule has 0 amide bonds. The second-order valence-electron chi connectivity index (χ2n) is 4.73. The van der Waals surface area contributed by atoms with E-state index in [1.54, 1.807) is 12.4 Å². The molecule has 21 heavy (non-hydrogen) atoms. The van der Waals surface area contributed by atoms with Crippen molar-refractivity contribution in [1.29, 1.82) is 0 Å². The Morgan fingerprint density at radius 2 is 2.00 bits per heavy atom. The monoisotopic (exact) mass is 283 g/mol. The van der Waals surface area contributed by atoms with Crippen LogP contribution in [0.15, 0.2) is 35.0 Å². The van der Waals surface area contributed by atoms with Crippen LogP contribution in [0.5, 0.6) is 0 Å². The van der Waals surface area contributed by atoms with E-state index in [0.29, 0.717) is 11.8 Å². The van der Waals surface area contributed by atoms with Gasteiger partial charge in [0.1, 0.15) is 5.52 Å². The van der Waals surface area contributed by atoms with Gasteiger partial charge in [-0.1, -0.05) is 13.0 Å². The van der Waals surface area contributed by atoms with Crippen LogP contribution in [0.1, 0.15) is 19.2 Å². The van der Waals surface area contributed by atoms with Crippen molar-refractivity contribution >= 4 is 11.0 Å². The molecule has 0 saturated carbocycles. The van der Waals surface area contributed by atoms with Crippen LogP contribution in [0.25, 0.3) is 22.5 Å². The molecular formula is C15H17N5O. The third-order valence-corrected chi connectivity index (χ3v) is 3.14. The zero-order valence-electron chi connectivity index (χ0n) is 11.9. The lowest BCUT2D eigenvalue weighted by Gasteiger charge is -2.00. The number of nitrogens with zero attached hydrogens (tertiary/aromatic N) is 4. The first-order valence-electron chi connectivity index (χ1n) is 7.11. The first kappa shape index (κ1) is 13.6. The lowest BCUT2D eigenvalue weighted by molar-refractivity contribution is 0.494. The molecule has 0 aliphatic rings. The van der Waals surface area contributed by atoms with Crippen molar-refractivity contribution in [2.45, 2.75) is 19.8 Å². The summed E-state index contributed by atoms with van der Waals surface area (Å²) in [7, 11) is 0. The topological polar surface area (TPSA) is 76.7 Å². The van der Waals surface area contributed by atoms with Gasteiger partial charge in [-0.2, -0.15) is 0 Å². The Hall–Kier alpha value is -2.34. The van der Waals surface area contributed by atoms with Crippen molar-refractivity contribution in [2.24, 2.45) is 0 Å². The molecule has 0 spiro atoms. The summed E-state index contributed by atoms with van der Waals surface area (Å²) in [6.45, 7) is 3.98. The highest BCUT2D eigenvalue weighted by molar-refractivity contribution is 5.88. The molecule has 0 aliphatic heterocycles. The number of hydrogen-bond acceptors (Lipinski definition) is 6. The van der Waals surface area contributed by atoms with E-state index in [2.05, 4.69) is 32.4 Å². The van der Waals surface area contributed by atoms with Gasteiger partial charge in [-0.15, -0.1) is 10.2 Å². The van der Waals surface area contributed by atoms with E-state index in [4.69, 9.17) is 4.42 Å². The van der Waals surface area contributed by atoms with Crippen LogP contribution in [0, 0.1) is 0 Å². The van der Waals surface area contributed by atoms with Gasteiger partial charge in [-0.05, 0) is 25.1 Å². The number of benzene rings is 1. The predicted molar refractivity (Wildman–Crippen MR) is 79.7 cm³/mol. The summed E-state index contributed by atoms with van der Waals surface area (Å²) in [6, 6.07) is 5.75. The molecule has 3 rings (SSSR count). The molecule has 1 aromatic carbocycles. The lowest BCUT2D eigenvalue weighted by Crippen LogP contribution is -2.17. The molecule has 0 radical (unpaired) electrons. The summed E-state index contributed by atoms with van der Waals surface area (Å²) < 4.78 is 5.73. The normalized spacial score (nSPS) is 11.1. The van der Waals surface area contributed by atoms with Gasteiger partial charge in [-0.3, -0.25) is 9.97 Å². The van der Waals surface area contributed by atoms with E-state index in [9.17, 15) is 0 Å². The number of rotatable bonds is 6. The Morgan fingerprint density at radius 3 is 2.90 bits per heavy atom. The summed E-state index contributed by atoms with van der Waals surface area (Å²) in [4.78, 5) is 8.63. The van der Waals surface area contributed by atoms with Crippen LogP contribution in [0.4, 0.5) is 0 Å². The highest BCUT2D eigenvalue weighted by Crippen LogP contribution is 2.24. The van der Waals surface area contributed by atoms with Gasteiger partial charge >= 0.3 is 0 Å². The number of fused-ring (bicyclic) bond motifs is 1. The largest absolute Gasteiger partial charge is 0.421 e. The van der Waals surface area contributed by atoms with Crippen molar-refractivity contribution < 1.29 is 4.42 Å². The Balaban J connectivity index is 1.81. The first-order chi connectivity index (χ1) is 10.4. The minimum absolute atomic E-state index is 0.492. The van der Waals surface area contributed by atoms with Gasteiger partial charge in [0.25, 0.3) is 0 Å². The van der Waals surface area contributed by atoms with Crippen LogP contribution < -0.4 is 5.32 Å². The Bertz CT molecular complexity index is 719. The average Bonchev–Trinajstić information content (AvgIpc) is 3.00. The number of hydrogen-bond donors (Lipinski definition) is 1. The molecule has 6 nitrogen and oxygen atoms in total. The second-order valence-corrected chi connectivity index (χ2v) is 4.73. The smallest absolute Gasteiger partial charge is 0.249 e. The highest BCUT2D eigenvalue weighted by Gasteiger charge is 2.12. The number of nitrogens with one attached hydrogen (secondary N) is 1. The third kappa shape index (κ3) is 3.05. The standard InChI is InChI=1S/C15H17N5O/c1-2-7-16-8-6-13-19-20-15(21-13)11-4-3-5-12-14(11)18-10-9-17-12/h3-5,9-10,16H,2,6-8H2,1H3. The van der Waals surface area contributed by atoms with Crippen molar-refractivity contribution in [3.05, 3.63) is 36.5 Å². The highest BCUT2D eigenvalue weighted by atomic mass is 16.4. The summed E-state index contributed by atoms with van der Waals surface area (Å²) in [5.41, 5.74) is 2.42. The fraction of sp³-hybridized carbons (Fsp3) is 0.333. The van der Waals surface area contributed by atoms with E-state index >= 15 is 0 Å². The van der Waals surface area contributed by atoms with Crippen molar-refractivity contribution in [1.82, 2.24) is 25.5 Å².